The van der Waals surface area contributed by atoms with E-state index in [0.29, 0.717) is 25.7 Å². The lowest BCUT2D eigenvalue weighted by Gasteiger charge is -2.30. The second-order valence-electron chi connectivity index (χ2n) is 15.0. The van der Waals surface area contributed by atoms with E-state index in [-0.39, 0.29) is 31.8 Å². The van der Waals surface area contributed by atoms with Crippen molar-refractivity contribution in [3.63, 3.8) is 0 Å². The van der Waals surface area contributed by atoms with E-state index >= 15 is 0 Å². The summed E-state index contributed by atoms with van der Waals surface area (Å²) in [5, 5.41) is 31.1. The Kier molecular flexibility index (Phi) is 18.5. The van der Waals surface area contributed by atoms with Gasteiger partial charge in [-0.25, -0.2) is 4.99 Å². The van der Waals surface area contributed by atoms with Crippen molar-refractivity contribution in [1.29, 1.82) is 0 Å². The normalized spacial score (nSPS) is 24.9. The van der Waals surface area contributed by atoms with Crippen molar-refractivity contribution in [1.82, 2.24) is 31.1 Å². The molecule has 0 aliphatic carbocycles. The van der Waals surface area contributed by atoms with Crippen molar-refractivity contribution in [2.45, 2.75) is 148 Å². The summed E-state index contributed by atoms with van der Waals surface area (Å²) in [5.74, 6) is -2.73. The van der Waals surface area contributed by atoms with Gasteiger partial charge in [-0.2, -0.15) is 0 Å². The first-order chi connectivity index (χ1) is 25.8. The highest BCUT2D eigenvalue weighted by atomic mass is 16.3. The third-order valence-electron chi connectivity index (χ3n) is 10.4. The highest BCUT2D eigenvalue weighted by molar-refractivity contribution is 6.27. The lowest BCUT2D eigenvalue weighted by Crippen LogP contribution is -2.59. The molecule has 15 nitrogen and oxygen atoms in total. The van der Waals surface area contributed by atoms with E-state index in [9.17, 15) is 39.0 Å². The third-order valence-corrected chi connectivity index (χ3v) is 10.4. The quantitative estimate of drug-likeness (QED) is 0.114. The van der Waals surface area contributed by atoms with Crippen LogP contribution in [0.3, 0.4) is 0 Å². The SMILES string of the molecule is CCC(C)CC(C)CCCCCCCCC(=O)N[C@H]1CC=CNC(=O)[C@@H]2[CH+]CCN2C(=O)C=NC(O)=CNC(=O)[C@@H]2CCCN2C(=O)[C@H]([C@@H](C)O)NC1=O. The van der Waals surface area contributed by atoms with Crippen LogP contribution in [-0.4, -0.2) is 105 Å². The second kappa shape index (κ2) is 22.7. The van der Waals surface area contributed by atoms with Crippen LogP contribution in [0.2, 0.25) is 0 Å². The van der Waals surface area contributed by atoms with E-state index in [2.05, 4.69) is 47.0 Å². The molecule has 0 aromatic heterocycles. The van der Waals surface area contributed by atoms with Crippen LogP contribution in [0, 0.1) is 18.3 Å². The number of nitrogens with zero attached hydrogens (tertiary/aromatic N) is 3. The lowest BCUT2D eigenvalue weighted by molar-refractivity contribution is -0.144. The van der Waals surface area contributed by atoms with E-state index in [1.165, 1.54) is 54.7 Å². The Morgan fingerprint density at radius 3 is 2.41 bits per heavy atom. The molecule has 15 heteroatoms. The number of aliphatic imine (C=N–C) groups is 1. The number of aliphatic hydroxyl groups is 2. The molecule has 2 unspecified atom stereocenters. The largest absolute Gasteiger partial charge is 0.492 e. The number of hydrogen-bond donors (Lipinski definition) is 6. The molecule has 3 aliphatic rings. The van der Waals surface area contributed by atoms with Crippen LogP contribution in [0.15, 0.2) is 29.4 Å². The molecule has 6 N–H and O–H groups in total. The van der Waals surface area contributed by atoms with E-state index in [0.717, 1.165) is 49.9 Å². The van der Waals surface area contributed by atoms with Crippen molar-refractivity contribution in [2.24, 2.45) is 16.8 Å². The number of aliphatic hydroxyl groups excluding tert-OH is 2. The summed E-state index contributed by atoms with van der Waals surface area (Å²) < 4.78 is 0. The molecule has 2 saturated heterocycles. The van der Waals surface area contributed by atoms with Gasteiger partial charge in [-0.3, -0.25) is 33.7 Å². The zero-order valence-corrected chi connectivity index (χ0v) is 32.4. The standard InChI is InChI=1S/C39H61N7O8/c1-5-26(2)23-27(3)15-10-8-6-7-9-11-19-32(48)43-29-16-12-20-40-37(52)30-17-13-21-45(30)34(50)25-41-33(49)24-42-38(53)31-18-14-22-46(31)39(54)35(28(4)47)44-36(29)51/h12,17,20,24-31,35,47H,5-11,13-16,18-19,21-23H2,1-4H3,(H4-,40,41,42,43,44,48,49,50,51,52,53)/p+1/t26?,27?,28-,29+,30+,31+,35+/m1/s1. The zero-order chi connectivity index (χ0) is 39.6. The van der Waals surface area contributed by atoms with Crippen molar-refractivity contribution >= 4 is 41.7 Å². The molecule has 6 amide bonds. The molecule has 0 bridgehead atoms. The molecule has 0 radical (unpaired) electrons. The number of carbonyl (C=O) groups excluding carboxylic acids is 6. The molecule has 0 saturated carbocycles. The first-order valence-corrected chi connectivity index (χ1v) is 19.7. The molecular weight excluding hydrogens is 694 g/mol. The van der Waals surface area contributed by atoms with Gasteiger partial charge in [0.05, 0.1) is 25.1 Å². The van der Waals surface area contributed by atoms with Crippen LogP contribution in [0.1, 0.15) is 118 Å². The van der Waals surface area contributed by atoms with Gasteiger partial charge in [0.25, 0.3) is 17.9 Å². The Balaban J connectivity index is 1.68. The Labute approximate surface area is 319 Å². The molecule has 3 rings (SSSR count). The first-order valence-electron chi connectivity index (χ1n) is 19.7. The summed E-state index contributed by atoms with van der Waals surface area (Å²) in [6, 6.07) is -4.46. The minimum absolute atomic E-state index is 0.0581. The predicted molar refractivity (Wildman–Crippen MR) is 204 cm³/mol. The molecule has 3 heterocycles. The van der Waals surface area contributed by atoms with Crippen LogP contribution in [0.5, 0.6) is 0 Å². The lowest BCUT2D eigenvalue weighted by atomic mass is 9.91. The fourth-order valence-electron chi connectivity index (χ4n) is 7.11. The van der Waals surface area contributed by atoms with Crippen LogP contribution < -0.4 is 21.3 Å². The van der Waals surface area contributed by atoms with E-state index in [1.54, 1.807) is 6.42 Å². The first kappa shape index (κ1) is 44.0. The smallest absolute Gasteiger partial charge is 0.293 e. The van der Waals surface area contributed by atoms with Gasteiger partial charge in [-0.15, -0.1) is 0 Å². The summed E-state index contributed by atoms with van der Waals surface area (Å²) in [5.41, 5.74) is 0. The molecule has 54 heavy (non-hydrogen) atoms. The average molecular weight is 757 g/mol. The molecule has 2 fully saturated rings. The number of nitrogens with one attached hydrogen (secondary N) is 4. The van der Waals surface area contributed by atoms with Crippen molar-refractivity contribution in [3.05, 3.63) is 30.8 Å². The molecule has 0 aromatic carbocycles. The summed E-state index contributed by atoms with van der Waals surface area (Å²) in [4.78, 5) is 85.5. The summed E-state index contributed by atoms with van der Waals surface area (Å²) >= 11 is 0. The number of carbonyl (C=O) groups is 6. The molecule has 0 aromatic rings. The van der Waals surface area contributed by atoms with Gasteiger partial charge in [-0.05, 0) is 50.9 Å². The molecule has 300 valence electrons. The average Bonchev–Trinajstić information content (AvgIpc) is 3.84. The minimum atomic E-state index is -1.43. The number of rotatable bonds is 14. The van der Waals surface area contributed by atoms with Crippen LogP contribution in [0.25, 0.3) is 0 Å². The summed E-state index contributed by atoms with van der Waals surface area (Å²) in [7, 11) is 0. The number of amides is 6. The highest BCUT2D eigenvalue weighted by Gasteiger charge is 2.42. The Hall–Kier alpha value is -4.40. The van der Waals surface area contributed by atoms with E-state index in [1.807, 2.05) is 0 Å². The van der Waals surface area contributed by atoms with Crippen molar-refractivity contribution in [2.75, 3.05) is 13.1 Å². The Bertz CT molecular complexity index is 1380. The Morgan fingerprint density at radius 1 is 0.963 bits per heavy atom. The van der Waals surface area contributed by atoms with E-state index in [4.69, 9.17) is 0 Å². The Morgan fingerprint density at radius 2 is 1.69 bits per heavy atom. The van der Waals surface area contributed by atoms with Crippen LogP contribution in [-0.2, 0) is 28.8 Å². The number of fused-ring (bicyclic) bond motifs is 2. The van der Waals surface area contributed by atoms with Crippen LogP contribution >= 0.6 is 0 Å². The molecule has 0 spiro atoms. The maximum atomic E-state index is 13.7. The van der Waals surface area contributed by atoms with Gasteiger partial charge < -0.3 is 36.4 Å². The van der Waals surface area contributed by atoms with E-state index < -0.39 is 65.7 Å². The van der Waals surface area contributed by atoms with Gasteiger partial charge in [0.2, 0.25) is 29.5 Å². The predicted octanol–water partition coefficient (Wildman–Crippen LogP) is 2.90. The third kappa shape index (κ3) is 14.1. The molecule has 3 aliphatic heterocycles. The topological polar surface area (TPSA) is 210 Å². The molecular formula is C39H62N7O8+. The molecule has 7 atom stereocenters. The van der Waals surface area contributed by atoms with Gasteiger partial charge >= 0.3 is 0 Å². The van der Waals surface area contributed by atoms with Gasteiger partial charge in [-0.1, -0.05) is 71.8 Å². The summed E-state index contributed by atoms with van der Waals surface area (Å²) in [6.45, 7) is 8.64. The number of hydrogen-bond acceptors (Lipinski definition) is 9. The van der Waals surface area contributed by atoms with Gasteiger partial charge in [0.15, 0.2) is 0 Å². The van der Waals surface area contributed by atoms with Crippen LogP contribution in [0.4, 0.5) is 0 Å². The zero-order valence-electron chi connectivity index (χ0n) is 32.4. The number of unbranched alkanes of at least 4 members (excludes halogenated alkanes) is 5. The highest BCUT2D eigenvalue weighted by Crippen LogP contribution is 2.22. The maximum Gasteiger partial charge on any atom is 0.293 e. The second-order valence-corrected chi connectivity index (χ2v) is 15.0. The fourth-order valence-corrected chi connectivity index (χ4v) is 7.11. The van der Waals surface area contributed by atoms with Gasteiger partial charge in [0.1, 0.15) is 31.0 Å². The maximum absolute atomic E-state index is 13.7. The summed E-state index contributed by atoms with van der Waals surface area (Å²) in [6.07, 6.45) is 15.9. The fraction of sp³-hybridized carbons (Fsp3) is 0.692. The van der Waals surface area contributed by atoms with Crippen molar-refractivity contribution < 1.29 is 39.0 Å². The monoisotopic (exact) mass is 756 g/mol. The minimum Gasteiger partial charge on any atom is -0.492 e. The van der Waals surface area contributed by atoms with Crippen molar-refractivity contribution in [3.8, 4) is 0 Å². The van der Waals surface area contributed by atoms with Gasteiger partial charge in [0, 0.05) is 19.2 Å².